The fourth-order valence-corrected chi connectivity index (χ4v) is 2.62. The Morgan fingerprint density at radius 3 is 2.00 bits per heavy atom. The number of hydrogen-bond acceptors (Lipinski definition) is 4. The van der Waals surface area contributed by atoms with Crippen LogP contribution < -0.4 is 5.73 Å². The van der Waals surface area contributed by atoms with Gasteiger partial charge in [-0.1, -0.05) is 0 Å². The molecule has 5 nitrogen and oxygen atoms in total. The van der Waals surface area contributed by atoms with Crippen LogP contribution in [0.2, 0.25) is 0 Å². The van der Waals surface area contributed by atoms with Gasteiger partial charge in [0, 0.05) is 38.3 Å². The maximum absolute atomic E-state index is 11.3. The smallest absolute Gasteiger partial charge is 0.211 e. The Morgan fingerprint density at radius 2 is 1.67 bits per heavy atom. The summed E-state index contributed by atoms with van der Waals surface area (Å²) in [6, 6.07) is 0. The molecule has 1 aliphatic heterocycles. The minimum absolute atomic E-state index is 0.215. The van der Waals surface area contributed by atoms with E-state index in [-0.39, 0.29) is 5.54 Å². The zero-order valence-electron chi connectivity index (χ0n) is 9.73. The lowest BCUT2D eigenvalue weighted by Crippen LogP contribution is -2.53. The topological polar surface area (TPSA) is 66.6 Å². The van der Waals surface area contributed by atoms with Crippen LogP contribution in [0.25, 0.3) is 0 Å². The lowest BCUT2D eigenvalue weighted by molar-refractivity contribution is 0.162. The number of sulfonamides is 1. The number of hydrogen-bond donors (Lipinski definition) is 1. The predicted molar refractivity (Wildman–Crippen MR) is 61.1 cm³/mol. The quantitative estimate of drug-likeness (QED) is 0.702. The summed E-state index contributed by atoms with van der Waals surface area (Å²) in [5.41, 5.74) is 5.70. The molecule has 0 radical (unpaired) electrons. The van der Waals surface area contributed by atoms with Gasteiger partial charge in [-0.2, -0.15) is 4.31 Å². The third kappa shape index (κ3) is 4.46. The molecule has 0 aromatic carbocycles. The molecule has 0 saturated carbocycles. The minimum atomic E-state index is -3.02. The van der Waals surface area contributed by atoms with Gasteiger partial charge in [0.2, 0.25) is 10.0 Å². The fraction of sp³-hybridized carbons (Fsp3) is 1.00. The first-order valence-corrected chi connectivity index (χ1v) is 7.00. The van der Waals surface area contributed by atoms with E-state index in [1.54, 1.807) is 0 Å². The summed E-state index contributed by atoms with van der Waals surface area (Å²) in [5.74, 6) is 0. The maximum atomic E-state index is 11.3. The third-order valence-electron chi connectivity index (χ3n) is 2.43. The Morgan fingerprint density at radius 1 is 1.20 bits per heavy atom. The van der Waals surface area contributed by atoms with Gasteiger partial charge in [-0.3, -0.25) is 4.90 Å². The summed E-state index contributed by atoms with van der Waals surface area (Å²) in [6.07, 6.45) is 1.26. The SMILES string of the molecule is CC(C)(N)CN1CCN(S(C)(=O)=O)CC1. The number of nitrogens with two attached hydrogens (primary N) is 1. The van der Waals surface area contributed by atoms with Crippen molar-refractivity contribution in [2.75, 3.05) is 39.0 Å². The average molecular weight is 235 g/mol. The van der Waals surface area contributed by atoms with Gasteiger partial charge < -0.3 is 5.73 Å². The van der Waals surface area contributed by atoms with Gasteiger partial charge >= 0.3 is 0 Å². The summed E-state index contributed by atoms with van der Waals surface area (Å²) in [7, 11) is -3.02. The molecule has 0 bridgehead atoms. The van der Waals surface area contributed by atoms with Crippen LogP contribution in [-0.4, -0.2) is 62.1 Å². The number of nitrogens with zero attached hydrogens (tertiary/aromatic N) is 2. The van der Waals surface area contributed by atoms with Crippen LogP contribution in [0.5, 0.6) is 0 Å². The Bertz CT molecular complexity index is 300. The van der Waals surface area contributed by atoms with Crippen LogP contribution >= 0.6 is 0 Å². The Balaban J connectivity index is 2.43. The van der Waals surface area contributed by atoms with Crippen molar-refractivity contribution in [3.63, 3.8) is 0 Å². The second-order valence-corrected chi connectivity index (χ2v) is 6.91. The molecule has 0 aromatic rings. The van der Waals surface area contributed by atoms with Gasteiger partial charge in [0.05, 0.1) is 6.26 Å². The van der Waals surface area contributed by atoms with E-state index in [4.69, 9.17) is 5.73 Å². The molecule has 1 rings (SSSR count). The van der Waals surface area contributed by atoms with E-state index < -0.39 is 10.0 Å². The molecule has 0 unspecified atom stereocenters. The van der Waals surface area contributed by atoms with Crippen LogP contribution in [0.3, 0.4) is 0 Å². The molecule has 1 fully saturated rings. The lowest BCUT2D eigenvalue weighted by atomic mass is 10.1. The lowest BCUT2D eigenvalue weighted by Gasteiger charge is -2.36. The second kappa shape index (κ2) is 4.37. The van der Waals surface area contributed by atoms with E-state index in [0.29, 0.717) is 13.1 Å². The molecule has 0 aromatic heterocycles. The molecule has 1 saturated heterocycles. The van der Waals surface area contributed by atoms with E-state index in [1.165, 1.54) is 10.6 Å². The highest BCUT2D eigenvalue weighted by Crippen LogP contribution is 2.08. The average Bonchev–Trinajstić information content (AvgIpc) is 2.00. The van der Waals surface area contributed by atoms with Gasteiger partial charge in [0.15, 0.2) is 0 Å². The normalized spacial score (nSPS) is 21.9. The van der Waals surface area contributed by atoms with Crippen molar-refractivity contribution >= 4 is 10.0 Å². The molecule has 90 valence electrons. The monoisotopic (exact) mass is 235 g/mol. The number of piperazine rings is 1. The van der Waals surface area contributed by atoms with Crippen LogP contribution in [0.1, 0.15) is 13.8 Å². The zero-order chi connectivity index (χ0) is 11.7. The molecule has 6 heteroatoms. The first kappa shape index (κ1) is 12.9. The van der Waals surface area contributed by atoms with Crippen molar-refractivity contribution < 1.29 is 8.42 Å². The molecule has 0 atom stereocenters. The first-order chi connectivity index (χ1) is 6.68. The first-order valence-electron chi connectivity index (χ1n) is 5.15. The summed E-state index contributed by atoms with van der Waals surface area (Å²) < 4.78 is 24.0. The maximum Gasteiger partial charge on any atom is 0.211 e. The van der Waals surface area contributed by atoms with E-state index >= 15 is 0 Å². The molecule has 1 aliphatic rings. The highest BCUT2D eigenvalue weighted by Gasteiger charge is 2.25. The molecule has 0 amide bonds. The second-order valence-electron chi connectivity index (χ2n) is 4.93. The molecular formula is C9H21N3O2S. The van der Waals surface area contributed by atoms with Gasteiger partial charge in [-0.15, -0.1) is 0 Å². The van der Waals surface area contributed by atoms with Crippen molar-refractivity contribution in [1.82, 2.24) is 9.21 Å². The Hall–Kier alpha value is -0.170. The fourth-order valence-electron chi connectivity index (χ4n) is 1.80. The van der Waals surface area contributed by atoms with Gasteiger partial charge in [0.1, 0.15) is 0 Å². The van der Waals surface area contributed by atoms with Crippen molar-refractivity contribution in [2.45, 2.75) is 19.4 Å². The molecule has 2 N–H and O–H groups in total. The third-order valence-corrected chi connectivity index (χ3v) is 3.73. The predicted octanol–water partition coefficient (Wildman–Crippen LogP) is -0.699. The molecule has 0 aliphatic carbocycles. The summed E-state index contributed by atoms with van der Waals surface area (Å²) in [5, 5.41) is 0. The summed E-state index contributed by atoms with van der Waals surface area (Å²) >= 11 is 0. The molecule has 0 spiro atoms. The Kier molecular flexibility index (Phi) is 3.76. The summed E-state index contributed by atoms with van der Waals surface area (Å²) in [6.45, 7) is 7.47. The van der Waals surface area contributed by atoms with Crippen LogP contribution in [0.4, 0.5) is 0 Å². The summed E-state index contributed by atoms with van der Waals surface area (Å²) in [4.78, 5) is 2.21. The van der Waals surface area contributed by atoms with Crippen molar-refractivity contribution in [3.8, 4) is 0 Å². The highest BCUT2D eigenvalue weighted by atomic mass is 32.2. The largest absolute Gasteiger partial charge is 0.324 e. The number of rotatable bonds is 3. The Labute approximate surface area is 92.3 Å². The minimum Gasteiger partial charge on any atom is -0.324 e. The van der Waals surface area contributed by atoms with E-state index in [1.807, 2.05) is 13.8 Å². The van der Waals surface area contributed by atoms with Gasteiger partial charge in [-0.05, 0) is 13.8 Å². The zero-order valence-corrected chi connectivity index (χ0v) is 10.5. The van der Waals surface area contributed by atoms with E-state index in [0.717, 1.165) is 19.6 Å². The van der Waals surface area contributed by atoms with Crippen LogP contribution in [0.15, 0.2) is 0 Å². The van der Waals surface area contributed by atoms with E-state index in [9.17, 15) is 8.42 Å². The molecular weight excluding hydrogens is 214 g/mol. The van der Waals surface area contributed by atoms with Crippen LogP contribution in [-0.2, 0) is 10.0 Å². The molecule has 1 heterocycles. The van der Waals surface area contributed by atoms with Crippen molar-refractivity contribution in [2.24, 2.45) is 5.73 Å². The van der Waals surface area contributed by atoms with Crippen molar-refractivity contribution in [1.29, 1.82) is 0 Å². The van der Waals surface area contributed by atoms with Crippen molar-refractivity contribution in [3.05, 3.63) is 0 Å². The molecule has 15 heavy (non-hydrogen) atoms. The van der Waals surface area contributed by atoms with Crippen LogP contribution in [0, 0.1) is 0 Å². The van der Waals surface area contributed by atoms with Gasteiger partial charge in [0.25, 0.3) is 0 Å². The standard InChI is InChI=1S/C9H21N3O2S/c1-9(2,10)8-11-4-6-12(7-5-11)15(3,13)14/h4-8,10H2,1-3H3. The van der Waals surface area contributed by atoms with Gasteiger partial charge in [-0.25, -0.2) is 8.42 Å². The highest BCUT2D eigenvalue weighted by molar-refractivity contribution is 7.88. The van der Waals surface area contributed by atoms with E-state index in [2.05, 4.69) is 4.90 Å².